The van der Waals surface area contributed by atoms with Crippen molar-refractivity contribution in [3.63, 3.8) is 0 Å². The summed E-state index contributed by atoms with van der Waals surface area (Å²) >= 11 is 2.08. The number of thioether (sulfide) groups is 1. The summed E-state index contributed by atoms with van der Waals surface area (Å²) in [5.41, 5.74) is 2.73. The lowest BCUT2D eigenvalue weighted by molar-refractivity contribution is 0.0886. The van der Waals surface area contributed by atoms with Gasteiger partial charge in [0.1, 0.15) is 0 Å². The summed E-state index contributed by atoms with van der Waals surface area (Å²) in [7, 11) is 0. The van der Waals surface area contributed by atoms with E-state index < -0.39 is 0 Å². The molecule has 5 nitrogen and oxygen atoms in total. The van der Waals surface area contributed by atoms with Crippen molar-refractivity contribution in [3.05, 3.63) is 42.1 Å². The van der Waals surface area contributed by atoms with Crippen molar-refractivity contribution in [2.45, 2.75) is 37.8 Å². The number of aromatic amines is 1. The molecule has 2 aliphatic heterocycles. The topological polar surface area (TPSA) is 61.0 Å². The van der Waals surface area contributed by atoms with Gasteiger partial charge in [0, 0.05) is 36.9 Å². The second kappa shape index (κ2) is 8.27. The maximum Gasteiger partial charge on any atom is 0.251 e. The van der Waals surface area contributed by atoms with Gasteiger partial charge >= 0.3 is 0 Å². The van der Waals surface area contributed by atoms with Crippen LogP contribution >= 0.6 is 11.8 Å². The summed E-state index contributed by atoms with van der Waals surface area (Å²) in [6, 6.07) is 10.7. The third-order valence-electron chi connectivity index (χ3n) is 5.53. The van der Waals surface area contributed by atoms with Crippen LogP contribution in [0.5, 0.6) is 0 Å². The van der Waals surface area contributed by atoms with E-state index in [1.54, 1.807) is 6.20 Å². The zero-order chi connectivity index (χ0) is 17.8. The Morgan fingerprint density at radius 1 is 1.08 bits per heavy atom. The van der Waals surface area contributed by atoms with Crippen LogP contribution in [0.4, 0.5) is 0 Å². The minimum atomic E-state index is 0.0358. The number of rotatable bonds is 4. The number of aromatic nitrogens is 2. The highest BCUT2D eigenvalue weighted by Gasteiger charge is 2.27. The highest BCUT2D eigenvalue weighted by molar-refractivity contribution is 7.99. The third-order valence-corrected chi connectivity index (χ3v) is 6.58. The molecule has 0 radical (unpaired) electrons. The van der Waals surface area contributed by atoms with Gasteiger partial charge in [-0.3, -0.25) is 9.89 Å². The molecule has 2 aromatic rings. The fourth-order valence-corrected chi connectivity index (χ4v) is 5.03. The van der Waals surface area contributed by atoms with E-state index in [0.29, 0.717) is 6.04 Å². The molecule has 0 bridgehead atoms. The summed E-state index contributed by atoms with van der Waals surface area (Å²) in [5, 5.41) is 10.1. The van der Waals surface area contributed by atoms with Crippen molar-refractivity contribution in [1.29, 1.82) is 0 Å². The molecule has 0 unspecified atom stereocenters. The normalized spacial score (nSPS) is 20.2. The minimum absolute atomic E-state index is 0.0358. The first-order chi connectivity index (χ1) is 12.8. The van der Waals surface area contributed by atoms with E-state index in [9.17, 15) is 4.79 Å². The molecular weight excluding hydrogens is 344 g/mol. The number of hydrogen-bond donors (Lipinski definition) is 2. The molecule has 1 amide bonds. The van der Waals surface area contributed by atoms with Crippen LogP contribution in [0.15, 0.2) is 36.5 Å². The van der Waals surface area contributed by atoms with Crippen molar-refractivity contribution in [2.75, 3.05) is 24.6 Å². The monoisotopic (exact) mass is 370 g/mol. The number of nitrogens with zero attached hydrogens (tertiary/aromatic N) is 2. The van der Waals surface area contributed by atoms with E-state index in [2.05, 4.69) is 32.2 Å². The second-order valence-corrected chi connectivity index (χ2v) is 8.40. The van der Waals surface area contributed by atoms with Crippen molar-refractivity contribution >= 4 is 17.7 Å². The van der Waals surface area contributed by atoms with Gasteiger partial charge in [0.05, 0.1) is 5.69 Å². The zero-order valence-corrected chi connectivity index (χ0v) is 15.8. The molecule has 1 aromatic carbocycles. The minimum Gasteiger partial charge on any atom is -0.349 e. The summed E-state index contributed by atoms with van der Waals surface area (Å²) < 4.78 is 0. The number of carbonyl (C=O) groups excluding carboxylic acids is 1. The molecule has 2 aliphatic rings. The Labute approximate surface area is 158 Å². The van der Waals surface area contributed by atoms with E-state index in [1.165, 1.54) is 24.3 Å². The molecule has 26 heavy (non-hydrogen) atoms. The molecule has 2 N–H and O–H groups in total. The Balaban J connectivity index is 1.28. The van der Waals surface area contributed by atoms with Gasteiger partial charge in [0.2, 0.25) is 0 Å². The molecule has 4 rings (SSSR count). The first-order valence-electron chi connectivity index (χ1n) is 9.52. The number of piperidine rings is 1. The lowest BCUT2D eigenvalue weighted by Crippen LogP contribution is -2.48. The van der Waals surface area contributed by atoms with Crippen molar-refractivity contribution < 1.29 is 4.79 Å². The average molecular weight is 371 g/mol. The lowest BCUT2D eigenvalue weighted by atomic mass is 10.00. The number of hydrogen-bond acceptors (Lipinski definition) is 4. The molecule has 0 spiro atoms. The first-order valence-corrected chi connectivity index (χ1v) is 10.7. The van der Waals surface area contributed by atoms with Crippen molar-refractivity contribution in [2.24, 2.45) is 0 Å². The largest absolute Gasteiger partial charge is 0.349 e. The van der Waals surface area contributed by atoms with Crippen LogP contribution in [0, 0.1) is 0 Å². The predicted octanol–water partition coefficient (Wildman–Crippen LogP) is 3.17. The highest BCUT2D eigenvalue weighted by Crippen LogP contribution is 2.24. The van der Waals surface area contributed by atoms with Crippen LogP contribution in [0.1, 0.15) is 36.0 Å². The molecular formula is C20H26N4OS. The molecule has 2 saturated heterocycles. The molecule has 0 atom stereocenters. The standard InChI is InChI=1S/C20H26N4OS/c25-20(16-3-1-15(2-4-16)19-5-10-21-23-19)22-17-6-11-24(12-7-17)18-8-13-26-14-9-18/h1-5,10,17-18H,6-9,11-14H2,(H,21,23)(H,22,25). The first kappa shape index (κ1) is 17.6. The van der Waals surface area contributed by atoms with Gasteiger partial charge in [-0.1, -0.05) is 12.1 Å². The van der Waals surface area contributed by atoms with Gasteiger partial charge in [0.15, 0.2) is 0 Å². The van der Waals surface area contributed by atoms with E-state index in [0.717, 1.165) is 48.8 Å². The highest BCUT2D eigenvalue weighted by atomic mass is 32.2. The fourth-order valence-electron chi connectivity index (χ4n) is 3.95. The second-order valence-electron chi connectivity index (χ2n) is 7.17. The Morgan fingerprint density at radius 2 is 1.81 bits per heavy atom. The van der Waals surface area contributed by atoms with Gasteiger partial charge in [-0.25, -0.2) is 0 Å². The smallest absolute Gasteiger partial charge is 0.251 e. The molecule has 6 heteroatoms. The Kier molecular flexibility index (Phi) is 5.60. The summed E-state index contributed by atoms with van der Waals surface area (Å²) in [6.45, 7) is 2.22. The van der Waals surface area contributed by atoms with Gasteiger partial charge in [-0.15, -0.1) is 0 Å². The number of benzene rings is 1. The molecule has 1 aromatic heterocycles. The SMILES string of the molecule is O=C(NC1CCN(C2CCSCC2)CC1)c1ccc(-c2ccn[nH]2)cc1. The number of nitrogens with one attached hydrogen (secondary N) is 2. The van der Waals surface area contributed by atoms with Gasteiger partial charge in [0.25, 0.3) is 5.91 Å². The summed E-state index contributed by atoms with van der Waals surface area (Å²) in [5.74, 6) is 2.64. The fraction of sp³-hybridized carbons (Fsp3) is 0.500. The quantitative estimate of drug-likeness (QED) is 0.868. The molecule has 3 heterocycles. The molecule has 138 valence electrons. The van der Waals surface area contributed by atoms with Crippen LogP contribution in [-0.2, 0) is 0 Å². The van der Waals surface area contributed by atoms with Crippen LogP contribution in [0.2, 0.25) is 0 Å². The van der Waals surface area contributed by atoms with Gasteiger partial charge in [-0.05, 0) is 61.0 Å². The summed E-state index contributed by atoms with van der Waals surface area (Å²) in [4.78, 5) is 15.2. The van der Waals surface area contributed by atoms with E-state index >= 15 is 0 Å². The van der Waals surface area contributed by atoms with Crippen molar-refractivity contribution in [1.82, 2.24) is 20.4 Å². The lowest BCUT2D eigenvalue weighted by Gasteiger charge is -2.39. The van der Waals surface area contributed by atoms with Crippen molar-refractivity contribution in [3.8, 4) is 11.3 Å². The zero-order valence-electron chi connectivity index (χ0n) is 15.0. The van der Waals surface area contributed by atoms with Gasteiger partial charge in [-0.2, -0.15) is 16.9 Å². The Bertz CT molecular complexity index is 702. The van der Waals surface area contributed by atoms with Crippen LogP contribution in [0.25, 0.3) is 11.3 Å². The Hall–Kier alpha value is -1.79. The Morgan fingerprint density at radius 3 is 2.46 bits per heavy atom. The third kappa shape index (κ3) is 4.13. The average Bonchev–Trinajstić information content (AvgIpc) is 3.24. The number of amides is 1. The maximum atomic E-state index is 12.5. The molecule has 0 saturated carbocycles. The predicted molar refractivity (Wildman–Crippen MR) is 106 cm³/mol. The summed E-state index contributed by atoms with van der Waals surface area (Å²) in [6.07, 6.45) is 6.49. The van der Waals surface area contributed by atoms with E-state index in [1.807, 2.05) is 30.3 Å². The van der Waals surface area contributed by atoms with E-state index in [4.69, 9.17) is 0 Å². The number of H-pyrrole nitrogens is 1. The molecule has 2 fully saturated rings. The maximum absolute atomic E-state index is 12.5. The van der Waals surface area contributed by atoms with Crippen LogP contribution < -0.4 is 5.32 Å². The number of carbonyl (C=O) groups is 1. The molecule has 0 aliphatic carbocycles. The van der Waals surface area contributed by atoms with Crippen LogP contribution in [0.3, 0.4) is 0 Å². The van der Waals surface area contributed by atoms with E-state index in [-0.39, 0.29) is 5.91 Å². The number of likely N-dealkylation sites (tertiary alicyclic amines) is 1. The van der Waals surface area contributed by atoms with Crippen LogP contribution in [-0.4, -0.2) is 57.7 Å². The van der Waals surface area contributed by atoms with Gasteiger partial charge < -0.3 is 10.2 Å².